The molecule has 0 unspecified atom stereocenters. The molecule has 0 atom stereocenters. The Morgan fingerprint density at radius 3 is 2.55 bits per heavy atom. The Balaban J connectivity index is 1.97. The third kappa shape index (κ3) is 4.06. The van der Waals surface area contributed by atoms with Crippen molar-refractivity contribution in [3.8, 4) is 17.6 Å². The van der Waals surface area contributed by atoms with Gasteiger partial charge in [0.25, 0.3) is 0 Å². The van der Waals surface area contributed by atoms with Crippen LogP contribution in [0.5, 0.6) is 11.5 Å². The number of carbonyl (C=O) groups is 1. The Kier molecular flexibility index (Phi) is 5.10. The standard InChI is InChI=1S/C17H14FNO3/c1-21-16-10-13(11-19)4-8-15(16)22-17(20)9-5-12-2-6-14(18)7-3-12/h2-4,6-8,10H,5,9H2,1H3. The molecule has 0 heterocycles. The van der Waals surface area contributed by atoms with Crippen LogP contribution in [0.4, 0.5) is 4.39 Å². The van der Waals surface area contributed by atoms with Crippen molar-refractivity contribution in [3.63, 3.8) is 0 Å². The van der Waals surface area contributed by atoms with E-state index in [2.05, 4.69) is 0 Å². The molecule has 22 heavy (non-hydrogen) atoms. The molecule has 0 saturated heterocycles. The first-order chi connectivity index (χ1) is 10.6. The highest BCUT2D eigenvalue weighted by Crippen LogP contribution is 2.28. The summed E-state index contributed by atoms with van der Waals surface area (Å²) >= 11 is 0. The molecule has 0 aliphatic rings. The van der Waals surface area contributed by atoms with Crippen LogP contribution < -0.4 is 9.47 Å². The predicted octanol–water partition coefficient (Wildman–Crippen LogP) is 3.24. The van der Waals surface area contributed by atoms with Gasteiger partial charge in [-0.2, -0.15) is 5.26 Å². The number of nitriles is 1. The van der Waals surface area contributed by atoms with Gasteiger partial charge in [-0.15, -0.1) is 0 Å². The molecule has 0 fully saturated rings. The lowest BCUT2D eigenvalue weighted by Gasteiger charge is -2.09. The first-order valence-corrected chi connectivity index (χ1v) is 6.65. The summed E-state index contributed by atoms with van der Waals surface area (Å²) < 4.78 is 23.1. The first kappa shape index (κ1) is 15.5. The summed E-state index contributed by atoms with van der Waals surface area (Å²) in [4.78, 5) is 11.9. The Morgan fingerprint density at radius 1 is 1.18 bits per heavy atom. The minimum atomic E-state index is -0.424. The zero-order valence-corrected chi connectivity index (χ0v) is 12.0. The molecule has 2 aromatic carbocycles. The van der Waals surface area contributed by atoms with Gasteiger partial charge >= 0.3 is 5.97 Å². The molecule has 0 bridgehead atoms. The summed E-state index contributed by atoms with van der Waals surface area (Å²) in [6, 6.07) is 12.5. The summed E-state index contributed by atoms with van der Waals surface area (Å²) in [6.45, 7) is 0. The second-order valence-corrected chi connectivity index (χ2v) is 4.58. The fraction of sp³-hybridized carbons (Fsp3) is 0.176. The zero-order chi connectivity index (χ0) is 15.9. The van der Waals surface area contributed by atoms with Gasteiger partial charge in [0.2, 0.25) is 0 Å². The van der Waals surface area contributed by atoms with Gasteiger partial charge in [-0.3, -0.25) is 4.79 Å². The number of benzene rings is 2. The van der Waals surface area contributed by atoms with Crippen LogP contribution in [-0.4, -0.2) is 13.1 Å². The van der Waals surface area contributed by atoms with E-state index in [1.165, 1.54) is 31.4 Å². The van der Waals surface area contributed by atoms with Gasteiger partial charge in [0.05, 0.1) is 18.7 Å². The number of nitrogens with zero attached hydrogens (tertiary/aromatic N) is 1. The van der Waals surface area contributed by atoms with Gasteiger partial charge in [-0.25, -0.2) is 4.39 Å². The van der Waals surface area contributed by atoms with Crippen molar-refractivity contribution in [3.05, 3.63) is 59.4 Å². The number of carbonyl (C=O) groups excluding carboxylic acids is 1. The Labute approximate surface area is 127 Å². The van der Waals surface area contributed by atoms with Crippen LogP contribution in [0.15, 0.2) is 42.5 Å². The van der Waals surface area contributed by atoms with E-state index in [4.69, 9.17) is 14.7 Å². The van der Waals surface area contributed by atoms with E-state index in [1.54, 1.807) is 18.2 Å². The minimum absolute atomic E-state index is 0.161. The summed E-state index contributed by atoms with van der Waals surface area (Å²) in [5.74, 6) is -0.138. The number of hydrogen-bond acceptors (Lipinski definition) is 4. The number of halogens is 1. The lowest BCUT2D eigenvalue weighted by molar-refractivity contribution is -0.134. The average molecular weight is 299 g/mol. The molecule has 112 valence electrons. The Hall–Kier alpha value is -2.87. The number of methoxy groups -OCH3 is 1. The number of hydrogen-bond donors (Lipinski definition) is 0. The maximum atomic E-state index is 12.8. The van der Waals surface area contributed by atoms with Gasteiger partial charge in [-0.05, 0) is 36.2 Å². The van der Waals surface area contributed by atoms with E-state index < -0.39 is 5.97 Å². The van der Waals surface area contributed by atoms with Gasteiger partial charge < -0.3 is 9.47 Å². The van der Waals surface area contributed by atoms with Gasteiger partial charge in [-0.1, -0.05) is 12.1 Å². The molecule has 5 heteroatoms. The molecule has 0 aliphatic carbocycles. The van der Waals surface area contributed by atoms with Crippen molar-refractivity contribution < 1.29 is 18.7 Å². The number of rotatable bonds is 5. The molecule has 2 rings (SSSR count). The van der Waals surface area contributed by atoms with Crippen LogP contribution in [0.25, 0.3) is 0 Å². The average Bonchev–Trinajstić information content (AvgIpc) is 2.54. The number of aryl methyl sites for hydroxylation is 1. The van der Waals surface area contributed by atoms with Crippen molar-refractivity contribution in [1.29, 1.82) is 5.26 Å². The van der Waals surface area contributed by atoms with E-state index in [9.17, 15) is 9.18 Å². The Morgan fingerprint density at radius 2 is 1.91 bits per heavy atom. The molecule has 4 nitrogen and oxygen atoms in total. The SMILES string of the molecule is COc1cc(C#N)ccc1OC(=O)CCc1ccc(F)cc1. The largest absolute Gasteiger partial charge is 0.493 e. The molecular formula is C17H14FNO3. The number of ether oxygens (including phenoxy) is 2. The number of esters is 1. The molecule has 0 spiro atoms. The molecular weight excluding hydrogens is 285 g/mol. The summed E-state index contributed by atoms with van der Waals surface area (Å²) in [5.41, 5.74) is 1.27. The minimum Gasteiger partial charge on any atom is -0.493 e. The summed E-state index contributed by atoms with van der Waals surface area (Å²) in [5, 5.41) is 8.82. The molecule has 0 radical (unpaired) electrons. The molecule has 0 amide bonds. The predicted molar refractivity (Wildman–Crippen MR) is 78.1 cm³/mol. The van der Waals surface area contributed by atoms with Crippen LogP contribution in [0.2, 0.25) is 0 Å². The van der Waals surface area contributed by atoms with Gasteiger partial charge in [0, 0.05) is 12.5 Å². The maximum Gasteiger partial charge on any atom is 0.311 e. The fourth-order valence-electron chi connectivity index (χ4n) is 1.89. The van der Waals surface area contributed by atoms with E-state index in [0.29, 0.717) is 17.7 Å². The van der Waals surface area contributed by atoms with E-state index in [-0.39, 0.29) is 18.0 Å². The van der Waals surface area contributed by atoms with Crippen LogP contribution >= 0.6 is 0 Å². The smallest absolute Gasteiger partial charge is 0.311 e. The van der Waals surface area contributed by atoms with E-state index in [1.807, 2.05) is 6.07 Å². The Bertz CT molecular complexity index is 705. The highest BCUT2D eigenvalue weighted by molar-refractivity contribution is 5.73. The third-order valence-corrected chi connectivity index (χ3v) is 3.05. The molecule has 0 aromatic heterocycles. The molecule has 0 saturated carbocycles. The first-order valence-electron chi connectivity index (χ1n) is 6.65. The van der Waals surface area contributed by atoms with Crippen molar-refractivity contribution in [2.45, 2.75) is 12.8 Å². The molecule has 2 aromatic rings. The van der Waals surface area contributed by atoms with Crippen LogP contribution in [0.1, 0.15) is 17.5 Å². The van der Waals surface area contributed by atoms with Gasteiger partial charge in [0.1, 0.15) is 5.82 Å². The monoisotopic (exact) mass is 299 g/mol. The van der Waals surface area contributed by atoms with Crippen LogP contribution in [0, 0.1) is 17.1 Å². The zero-order valence-electron chi connectivity index (χ0n) is 12.0. The highest BCUT2D eigenvalue weighted by atomic mass is 19.1. The lowest BCUT2D eigenvalue weighted by Crippen LogP contribution is -2.10. The quantitative estimate of drug-likeness (QED) is 0.628. The lowest BCUT2D eigenvalue weighted by atomic mass is 10.1. The topological polar surface area (TPSA) is 59.3 Å². The highest BCUT2D eigenvalue weighted by Gasteiger charge is 2.11. The van der Waals surface area contributed by atoms with Crippen molar-refractivity contribution in [2.24, 2.45) is 0 Å². The van der Waals surface area contributed by atoms with Crippen LogP contribution in [0.3, 0.4) is 0 Å². The molecule has 0 aliphatic heterocycles. The van der Waals surface area contributed by atoms with Crippen molar-refractivity contribution in [1.82, 2.24) is 0 Å². The fourth-order valence-corrected chi connectivity index (χ4v) is 1.89. The maximum absolute atomic E-state index is 12.8. The summed E-state index contributed by atoms with van der Waals surface area (Å²) in [6.07, 6.45) is 0.618. The second kappa shape index (κ2) is 7.23. The van der Waals surface area contributed by atoms with E-state index in [0.717, 1.165) is 5.56 Å². The van der Waals surface area contributed by atoms with Crippen molar-refractivity contribution >= 4 is 5.97 Å². The van der Waals surface area contributed by atoms with Crippen LogP contribution in [-0.2, 0) is 11.2 Å². The van der Waals surface area contributed by atoms with E-state index >= 15 is 0 Å². The molecule has 0 N–H and O–H groups in total. The van der Waals surface area contributed by atoms with Crippen molar-refractivity contribution in [2.75, 3.05) is 7.11 Å². The second-order valence-electron chi connectivity index (χ2n) is 4.58. The van der Waals surface area contributed by atoms with Gasteiger partial charge in [0.15, 0.2) is 11.5 Å². The summed E-state index contributed by atoms with van der Waals surface area (Å²) in [7, 11) is 1.44. The normalized spacial score (nSPS) is 9.86. The third-order valence-electron chi connectivity index (χ3n) is 3.05.